The molecule has 18 heavy (non-hydrogen) atoms. The highest BCUT2D eigenvalue weighted by atomic mass is 32.2. The number of nitrogens with zero attached hydrogens (tertiary/aromatic N) is 1. The standard InChI is InChI=1S/C15H21NOS/c1-10-7-13(17)5-6-15(10)18-14-8-11-3-4-12(9-14)16(11)2/h5-7,11-12,14,17H,3-4,8-9H2,1-2H3/t11-,12+,14?. The van der Waals surface area contributed by atoms with Gasteiger partial charge in [0, 0.05) is 22.2 Å². The summed E-state index contributed by atoms with van der Waals surface area (Å²) in [6, 6.07) is 7.35. The molecular formula is C15H21NOS. The normalized spacial score (nSPS) is 31.8. The van der Waals surface area contributed by atoms with E-state index in [4.69, 9.17) is 0 Å². The van der Waals surface area contributed by atoms with E-state index in [-0.39, 0.29) is 0 Å². The van der Waals surface area contributed by atoms with E-state index in [0.29, 0.717) is 5.75 Å². The van der Waals surface area contributed by atoms with Gasteiger partial charge < -0.3 is 10.0 Å². The van der Waals surface area contributed by atoms with E-state index in [1.54, 1.807) is 6.07 Å². The molecule has 2 nitrogen and oxygen atoms in total. The Morgan fingerprint density at radius 2 is 1.89 bits per heavy atom. The SMILES string of the molecule is Cc1cc(O)ccc1SC1C[C@H]2CC[C@@H](C1)N2C. The quantitative estimate of drug-likeness (QED) is 0.884. The largest absolute Gasteiger partial charge is 0.508 e. The first-order valence-corrected chi connectivity index (χ1v) is 7.69. The van der Waals surface area contributed by atoms with Gasteiger partial charge >= 0.3 is 0 Å². The Bertz CT molecular complexity index is 434. The molecule has 2 fully saturated rings. The minimum absolute atomic E-state index is 0.375. The van der Waals surface area contributed by atoms with Crippen molar-refractivity contribution in [3.8, 4) is 5.75 Å². The monoisotopic (exact) mass is 263 g/mol. The van der Waals surface area contributed by atoms with Crippen LogP contribution in [0.3, 0.4) is 0 Å². The van der Waals surface area contributed by atoms with E-state index in [0.717, 1.165) is 17.3 Å². The predicted molar refractivity (Wildman–Crippen MR) is 76.3 cm³/mol. The Kier molecular flexibility index (Phi) is 3.29. The lowest BCUT2D eigenvalue weighted by atomic mass is 10.0. The van der Waals surface area contributed by atoms with Crippen LogP contribution in [0.1, 0.15) is 31.2 Å². The zero-order chi connectivity index (χ0) is 12.7. The molecule has 2 heterocycles. The number of phenols is 1. The first-order valence-electron chi connectivity index (χ1n) is 6.81. The van der Waals surface area contributed by atoms with E-state index >= 15 is 0 Å². The molecular weight excluding hydrogens is 242 g/mol. The van der Waals surface area contributed by atoms with Crippen LogP contribution in [-0.4, -0.2) is 34.4 Å². The van der Waals surface area contributed by atoms with E-state index in [9.17, 15) is 5.11 Å². The highest BCUT2D eigenvalue weighted by Gasteiger charge is 2.38. The van der Waals surface area contributed by atoms with Crippen LogP contribution in [-0.2, 0) is 0 Å². The molecule has 3 heteroatoms. The molecule has 1 unspecified atom stereocenters. The minimum atomic E-state index is 0.375. The Balaban J connectivity index is 1.70. The minimum Gasteiger partial charge on any atom is -0.508 e. The average molecular weight is 263 g/mol. The Hall–Kier alpha value is -0.670. The Morgan fingerprint density at radius 3 is 2.50 bits per heavy atom. The number of phenolic OH excluding ortho intramolecular Hbond substituents is 1. The molecule has 3 rings (SSSR count). The molecule has 1 aromatic rings. The third-order valence-electron chi connectivity index (χ3n) is 4.51. The summed E-state index contributed by atoms with van der Waals surface area (Å²) in [7, 11) is 2.29. The van der Waals surface area contributed by atoms with Crippen molar-refractivity contribution in [1.82, 2.24) is 4.90 Å². The molecule has 1 aromatic carbocycles. The van der Waals surface area contributed by atoms with Crippen molar-refractivity contribution in [3.63, 3.8) is 0 Å². The molecule has 3 atom stereocenters. The molecule has 0 saturated carbocycles. The van der Waals surface area contributed by atoms with Crippen molar-refractivity contribution in [2.75, 3.05) is 7.05 Å². The Morgan fingerprint density at radius 1 is 1.22 bits per heavy atom. The maximum absolute atomic E-state index is 9.46. The number of thioether (sulfide) groups is 1. The van der Waals surface area contributed by atoms with Crippen LogP contribution in [0.25, 0.3) is 0 Å². The van der Waals surface area contributed by atoms with Gasteiger partial charge in [0.05, 0.1) is 0 Å². The number of aryl methyl sites for hydroxylation is 1. The lowest BCUT2D eigenvalue weighted by molar-refractivity contribution is 0.183. The van der Waals surface area contributed by atoms with Crippen molar-refractivity contribution in [3.05, 3.63) is 23.8 Å². The van der Waals surface area contributed by atoms with Gasteiger partial charge in [-0.2, -0.15) is 0 Å². The molecule has 0 aromatic heterocycles. The van der Waals surface area contributed by atoms with Crippen molar-refractivity contribution in [1.29, 1.82) is 0 Å². The van der Waals surface area contributed by atoms with E-state index in [1.165, 1.54) is 36.1 Å². The molecule has 0 amide bonds. The smallest absolute Gasteiger partial charge is 0.115 e. The number of hydrogen-bond donors (Lipinski definition) is 1. The highest BCUT2D eigenvalue weighted by molar-refractivity contribution is 8.00. The van der Waals surface area contributed by atoms with Crippen LogP contribution in [0, 0.1) is 6.92 Å². The maximum atomic E-state index is 9.46. The van der Waals surface area contributed by atoms with Crippen LogP contribution < -0.4 is 0 Å². The summed E-state index contributed by atoms with van der Waals surface area (Å²) in [5.41, 5.74) is 1.20. The fraction of sp³-hybridized carbons (Fsp3) is 0.600. The topological polar surface area (TPSA) is 23.5 Å². The summed E-state index contributed by atoms with van der Waals surface area (Å²) < 4.78 is 0. The zero-order valence-corrected chi connectivity index (χ0v) is 11.9. The predicted octanol–water partition coefficient (Wildman–Crippen LogP) is 3.42. The molecule has 2 saturated heterocycles. The summed E-state index contributed by atoms with van der Waals surface area (Å²) in [5, 5.41) is 10.2. The van der Waals surface area contributed by atoms with Gasteiger partial charge in [0.25, 0.3) is 0 Å². The molecule has 0 aliphatic carbocycles. The van der Waals surface area contributed by atoms with Gasteiger partial charge in [-0.15, -0.1) is 11.8 Å². The third kappa shape index (κ3) is 2.26. The molecule has 2 aliphatic heterocycles. The van der Waals surface area contributed by atoms with E-state index in [1.807, 2.05) is 17.8 Å². The van der Waals surface area contributed by atoms with Crippen molar-refractivity contribution >= 4 is 11.8 Å². The van der Waals surface area contributed by atoms with Gasteiger partial charge in [-0.1, -0.05) is 0 Å². The number of aromatic hydroxyl groups is 1. The fourth-order valence-electron chi connectivity index (χ4n) is 3.40. The summed E-state index contributed by atoms with van der Waals surface area (Å²) in [5.74, 6) is 0.375. The Labute approximate surface area is 113 Å². The summed E-state index contributed by atoms with van der Waals surface area (Å²) in [4.78, 5) is 3.92. The number of hydrogen-bond acceptors (Lipinski definition) is 3. The number of benzene rings is 1. The second-order valence-electron chi connectivity index (χ2n) is 5.71. The molecule has 0 spiro atoms. The van der Waals surface area contributed by atoms with Gasteiger partial charge in [-0.05, 0) is 63.4 Å². The fourth-order valence-corrected chi connectivity index (χ4v) is 4.79. The van der Waals surface area contributed by atoms with Gasteiger partial charge in [-0.25, -0.2) is 0 Å². The zero-order valence-electron chi connectivity index (χ0n) is 11.1. The summed E-state index contributed by atoms with van der Waals surface area (Å²) >= 11 is 2.01. The lowest BCUT2D eigenvalue weighted by Gasteiger charge is -2.36. The molecule has 2 bridgehead atoms. The second-order valence-corrected chi connectivity index (χ2v) is 7.05. The van der Waals surface area contributed by atoms with Crippen LogP contribution >= 0.6 is 11.8 Å². The van der Waals surface area contributed by atoms with Crippen molar-refractivity contribution in [2.45, 2.75) is 54.8 Å². The molecule has 98 valence electrons. The van der Waals surface area contributed by atoms with Crippen LogP contribution in [0.2, 0.25) is 0 Å². The van der Waals surface area contributed by atoms with Crippen molar-refractivity contribution in [2.24, 2.45) is 0 Å². The first kappa shape index (κ1) is 12.4. The van der Waals surface area contributed by atoms with E-state index in [2.05, 4.69) is 24.9 Å². The third-order valence-corrected chi connectivity index (χ3v) is 5.94. The maximum Gasteiger partial charge on any atom is 0.115 e. The molecule has 1 N–H and O–H groups in total. The van der Waals surface area contributed by atoms with Gasteiger partial charge in [0.15, 0.2) is 0 Å². The first-order chi connectivity index (χ1) is 8.63. The number of fused-ring (bicyclic) bond motifs is 2. The van der Waals surface area contributed by atoms with Crippen molar-refractivity contribution < 1.29 is 5.11 Å². The van der Waals surface area contributed by atoms with E-state index < -0.39 is 0 Å². The van der Waals surface area contributed by atoms with Crippen LogP contribution in [0.15, 0.2) is 23.1 Å². The number of rotatable bonds is 2. The van der Waals surface area contributed by atoms with Gasteiger partial charge in [0.1, 0.15) is 5.75 Å². The van der Waals surface area contributed by atoms with Crippen LogP contribution in [0.4, 0.5) is 0 Å². The summed E-state index contributed by atoms with van der Waals surface area (Å²) in [6.45, 7) is 2.09. The molecule has 2 aliphatic rings. The summed E-state index contributed by atoms with van der Waals surface area (Å²) in [6.07, 6.45) is 5.40. The lowest BCUT2D eigenvalue weighted by Crippen LogP contribution is -2.40. The average Bonchev–Trinajstić information content (AvgIpc) is 2.57. The molecule has 0 radical (unpaired) electrons. The van der Waals surface area contributed by atoms with Gasteiger partial charge in [0.2, 0.25) is 0 Å². The highest BCUT2D eigenvalue weighted by Crippen LogP contribution is 2.42. The second kappa shape index (κ2) is 4.78. The van der Waals surface area contributed by atoms with Crippen LogP contribution in [0.5, 0.6) is 5.75 Å². The number of piperidine rings is 1. The van der Waals surface area contributed by atoms with Gasteiger partial charge in [-0.3, -0.25) is 0 Å².